The molecule has 0 amide bonds. The van der Waals surface area contributed by atoms with E-state index in [-0.39, 0.29) is 0 Å². The lowest BCUT2D eigenvalue weighted by Crippen LogP contribution is -2.46. The third kappa shape index (κ3) is 3.26. The van der Waals surface area contributed by atoms with Crippen molar-refractivity contribution in [2.45, 2.75) is 16.7 Å². The van der Waals surface area contributed by atoms with E-state index in [2.05, 4.69) is 15.9 Å². The van der Waals surface area contributed by atoms with E-state index >= 15 is 0 Å². The van der Waals surface area contributed by atoms with Crippen molar-refractivity contribution in [3.05, 3.63) is 64.2 Å². The van der Waals surface area contributed by atoms with Crippen molar-refractivity contribution in [1.82, 2.24) is 0 Å². The molecule has 21 heavy (non-hydrogen) atoms. The number of rotatable bonds is 3. The Morgan fingerprint density at radius 2 is 1.90 bits per heavy atom. The first-order valence-corrected chi connectivity index (χ1v) is 6.56. The Morgan fingerprint density at radius 3 is 2.43 bits per heavy atom. The molecule has 2 rings (SSSR count). The van der Waals surface area contributed by atoms with Crippen LogP contribution in [0.25, 0.3) is 0 Å². The van der Waals surface area contributed by atoms with Gasteiger partial charge in [0.25, 0.3) is 0 Å². The summed E-state index contributed by atoms with van der Waals surface area (Å²) in [6, 6.07) is 8.15. The summed E-state index contributed by atoms with van der Waals surface area (Å²) in [5.41, 5.74) is -1.09. The maximum atomic E-state index is 12.7. The predicted molar refractivity (Wildman–Crippen MR) is 72.8 cm³/mol. The summed E-state index contributed by atoms with van der Waals surface area (Å²) in [7, 11) is 0. The number of allylic oxidation sites excluding steroid dienone is 2. The molecule has 0 fully saturated rings. The van der Waals surface area contributed by atoms with Crippen molar-refractivity contribution in [1.29, 1.82) is 0 Å². The molecule has 1 aliphatic carbocycles. The largest absolute Gasteiger partial charge is 0.477 e. The number of hydrogen-bond acceptors (Lipinski definition) is 3. The summed E-state index contributed by atoms with van der Waals surface area (Å²) in [5.74, 6) is 0.321. The number of benzene rings is 1. The highest BCUT2D eigenvalue weighted by Gasteiger charge is 2.52. The van der Waals surface area contributed by atoms with Gasteiger partial charge in [-0.1, -0.05) is 24.3 Å². The molecule has 2 atom stereocenters. The minimum atomic E-state index is -4.66. The maximum Gasteiger partial charge on any atom is 0.416 e. The van der Waals surface area contributed by atoms with Crippen LogP contribution in [0, 0.1) is 10.1 Å². The van der Waals surface area contributed by atoms with E-state index in [4.69, 9.17) is 4.74 Å². The topological polar surface area (TPSA) is 52.4 Å². The van der Waals surface area contributed by atoms with Crippen molar-refractivity contribution < 1.29 is 22.8 Å². The molecule has 0 N–H and O–H groups in total. The van der Waals surface area contributed by atoms with Crippen LogP contribution in [0.5, 0.6) is 5.75 Å². The molecule has 0 saturated carbocycles. The molecule has 1 aromatic rings. The van der Waals surface area contributed by atoms with Crippen molar-refractivity contribution >= 4 is 15.9 Å². The fourth-order valence-corrected chi connectivity index (χ4v) is 2.27. The Kier molecular flexibility index (Phi) is 4.08. The molecule has 0 aromatic heterocycles. The summed E-state index contributed by atoms with van der Waals surface area (Å²) in [4.78, 5) is 10.3. The molecular formula is C13H9BrF3NO3. The van der Waals surface area contributed by atoms with E-state index in [9.17, 15) is 23.3 Å². The summed E-state index contributed by atoms with van der Waals surface area (Å²) < 4.78 is 41.3. The molecule has 0 spiro atoms. The standard InChI is InChI=1S/C13H9BrF3NO3/c14-12(18(19)20)8-9(13(15,16)17)6-7-11(12)21-10-4-2-1-3-5-10/h1-8,11H/t11-,12-/m1/s1. The van der Waals surface area contributed by atoms with E-state index in [1.54, 1.807) is 30.3 Å². The lowest BCUT2D eigenvalue weighted by Gasteiger charge is -2.28. The second-order valence-corrected chi connectivity index (χ2v) is 5.56. The van der Waals surface area contributed by atoms with Crippen LogP contribution in [0.15, 0.2) is 54.1 Å². The number of halogens is 4. The quantitative estimate of drug-likeness (QED) is 0.354. The highest BCUT2D eigenvalue weighted by Crippen LogP contribution is 2.39. The zero-order valence-electron chi connectivity index (χ0n) is 10.4. The fourth-order valence-electron chi connectivity index (χ4n) is 1.77. The first kappa shape index (κ1) is 15.6. The Hall–Kier alpha value is -1.83. The lowest BCUT2D eigenvalue weighted by molar-refractivity contribution is -0.530. The lowest BCUT2D eigenvalue weighted by atomic mass is 10.00. The van der Waals surface area contributed by atoms with Crippen LogP contribution in [-0.4, -0.2) is 21.7 Å². The highest BCUT2D eigenvalue weighted by molar-refractivity contribution is 9.10. The van der Waals surface area contributed by atoms with Crippen molar-refractivity contribution in [2.24, 2.45) is 0 Å². The summed E-state index contributed by atoms with van der Waals surface area (Å²) in [5, 5.41) is 11.2. The molecule has 0 unspecified atom stereocenters. The smallest absolute Gasteiger partial charge is 0.416 e. The van der Waals surface area contributed by atoms with E-state index < -0.39 is 27.2 Å². The predicted octanol–water partition coefficient (Wildman–Crippen LogP) is 3.86. The Balaban J connectivity index is 2.34. The number of para-hydroxylation sites is 1. The molecule has 0 heterocycles. The van der Waals surface area contributed by atoms with Crippen molar-refractivity contribution in [3.63, 3.8) is 0 Å². The minimum absolute atomic E-state index is 0.321. The summed E-state index contributed by atoms with van der Waals surface area (Å²) in [6.07, 6.45) is -3.56. The van der Waals surface area contributed by atoms with Gasteiger partial charge in [0.05, 0.1) is 5.57 Å². The molecule has 0 saturated heterocycles. The maximum absolute atomic E-state index is 12.7. The van der Waals surface area contributed by atoms with Crippen molar-refractivity contribution in [3.8, 4) is 5.75 Å². The van der Waals surface area contributed by atoms with Crippen LogP contribution >= 0.6 is 15.9 Å². The minimum Gasteiger partial charge on any atom is -0.477 e. The monoisotopic (exact) mass is 363 g/mol. The normalized spacial score (nSPS) is 25.3. The summed E-state index contributed by atoms with van der Waals surface area (Å²) >= 11 is 2.77. The van der Waals surface area contributed by atoms with Crippen LogP contribution in [0.3, 0.4) is 0 Å². The molecule has 112 valence electrons. The number of nitrogens with zero attached hydrogens (tertiary/aromatic N) is 1. The van der Waals surface area contributed by atoms with Gasteiger partial charge in [-0.2, -0.15) is 13.2 Å². The SMILES string of the molecule is O=[N+]([O-])[C@]1(Br)C=C(C(F)(F)F)C=C[C@H]1Oc1ccccc1. The highest BCUT2D eigenvalue weighted by atomic mass is 79.9. The molecule has 8 heteroatoms. The summed E-state index contributed by atoms with van der Waals surface area (Å²) in [6.45, 7) is 0. The number of alkyl halides is 4. The zero-order valence-corrected chi connectivity index (χ0v) is 12.0. The molecule has 1 aromatic carbocycles. The van der Waals surface area contributed by atoms with Gasteiger partial charge in [0.15, 0.2) is 0 Å². The first-order valence-electron chi connectivity index (χ1n) is 5.77. The second kappa shape index (κ2) is 5.51. The molecule has 4 nitrogen and oxygen atoms in total. The Bertz CT molecular complexity index is 600. The number of ether oxygens (including phenoxy) is 1. The number of nitro groups is 1. The van der Waals surface area contributed by atoms with Crippen molar-refractivity contribution in [2.75, 3.05) is 0 Å². The Labute approximate surface area is 126 Å². The average Bonchev–Trinajstić information content (AvgIpc) is 2.41. The van der Waals surface area contributed by atoms with Gasteiger partial charge in [0.1, 0.15) is 5.75 Å². The first-order chi connectivity index (χ1) is 9.73. The van der Waals surface area contributed by atoms with E-state index in [1.807, 2.05) is 0 Å². The van der Waals surface area contributed by atoms with E-state index in [1.165, 1.54) is 0 Å². The van der Waals surface area contributed by atoms with Gasteiger partial charge >= 0.3 is 10.6 Å². The molecule has 0 radical (unpaired) electrons. The molecular weight excluding hydrogens is 355 g/mol. The third-order valence-corrected chi connectivity index (χ3v) is 3.79. The van der Waals surface area contributed by atoms with Gasteiger partial charge in [-0.3, -0.25) is 10.1 Å². The van der Waals surface area contributed by atoms with E-state index in [0.29, 0.717) is 11.8 Å². The fraction of sp³-hybridized carbons (Fsp3) is 0.231. The average molecular weight is 364 g/mol. The van der Waals surface area contributed by atoms with Crippen LogP contribution < -0.4 is 4.74 Å². The third-order valence-electron chi connectivity index (χ3n) is 2.82. The Morgan fingerprint density at radius 1 is 1.29 bits per heavy atom. The molecule has 1 aliphatic rings. The van der Waals surface area contributed by atoms with E-state index in [0.717, 1.165) is 12.2 Å². The second-order valence-electron chi connectivity index (χ2n) is 4.29. The number of hydrogen-bond donors (Lipinski definition) is 0. The van der Waals surface area contributed by atoms with Gasteiger partial charge in [-0.25, -0.2) is 0 Å². The van der Waals surface area contributed by atoms with Gasteiger partial charge in [-0.05, 0) is 18.2 Å². The molecule has 0 bridgehead atoms. The van der Waals surface area contributed by atoms with Gasteiger partial charge in [0, 0.05) is 26.9 Å². The zero-order chi connectivity index (χ0) is 15.7. The van der Waals surface area contributed by atoms with Crippen LogP contribution in [0.2, 0.25) is 0 Å². The van der Waals surface area contributed by atoms with Gasteiger partial charge in [0.2, 0.25) is 6.10 Å². The van der Waals surface area contributed by atoms with Crippen LogP contribution in [0.4, 0.5) is 13.2 Å². The van der Waals surface area contributed by atoms with Gasteiger partial charge < -0.3 is 4.74 Å². The molecule has 0 aliphatic heterocycles. The van der Waals surface area contributed by atoms with Gasteiger partial charge in [-0.15, -0.1) is 0 Å². The van der Waals surface area contributed by atoms with Crippen LogP contribution in [0.1, 0.15) is 0 Å². The van der Waals surface area contributed by atoms with Crippen LogP contribution in [-0.2, 0) is 0 Å².